The first kappa shape index (κ1) is 20.5. The summed E-state index contributed by atoms with van der Waals surface area (Å²) < 4.78 is 3.35. The molecule has 156 valence electrons. The summed E-state index contributed by atoms with van der Waals surface area (Å²) in [6.45, 7) is 1.76. The second-order valence-corrected chi connectivity index (χ2v) is 11.5. The van der Waals surface area contributed by atoms with Crippen LogP contribution in [0.5, 0.6) is 0 Å². The van der Waals surface area contributed by atoms with Crippen molar-refractivity contribution < 1.29 is 30.8 Å². The molecule has 1 aromatic carbocycles. The Bertz CT molecular complexity index is 993. The van der Waals surface area contributed by atoms with Gasteiger partial charge in [0.2, 0.25) is 0 Å². The van der Waals surface area contributed by atoms with Crippen molar-refractivity contribution >= 4 is 22.7 Å². The van der Waals surface area contributed by atoms with E-state index in [1.807, 2.05) is 12.1 Å². The van der Waals surface area contributed by atoms with Gasteiger partial charge in [-0.1, -0.05) is 0 Å². The van der Waals surface area contributed by atoms with Crippen LogP contribution in [0.15, 0.2) is 23.0 Å². The number of carbonyl (C=O) groups is 2. The summed E-state index contributed by atoms with van der Waals surface area (Å²) in [5.74, 6) is -0.153. The van der Waals surface area contributed by atoms with Gasteiger partial charge in [-0.15, -0.1) is 0 Å². The Morgan fingerprint density at radius 2 is 1.76 bits per heavy atom. The topological polar surface area (TPSA) is 81.1 Å². The van der Waals surface area contributed by atoms with E-state index in [1.54, 1.807) is 6.92 Å². The standard InChI is InChI=1S/C22H27IN3O3/c1-14-24-17-11-7-10-16(23-15-8-5-3-2-4-6-9-15)20(17)22(29)26(14)18-12-13-19(27)25-21(18)28/h7,10-11,15,18H,2-6,8-9,12-13H2,1H3,(H,25,27,28)/q-1. The molecule has 1 unspecified atom stereocenters. The SMILES string of the molecule is Cc1nc2cccc([I-]C3CCCCCCC3)c2c(=O)n1C1CCC(=O)NC1=O. The molecule has 2 amide bonds. The number of halogens is 1. The number of aromatic nitrogens is 2. The first-order chi connectivity index (χ1) is 14.0. The van der Waals surface area contributed by atoms with Crippen molar-refractivity contribution in [2.75, 3.05) is 0 Å². The molecule has 2 heterocycles. The fourth-order valence-corrected chi connectivity index (χ4v) is 8.07. The van der Waals surface area contributed by atoms with Crippen LogP contribution in [0.25, 0.3) is 10.9 Å². The summed E-state index contributed by atoms with van der Waals surface area (Å²) in [4.78, 5) is 42.1. The van der Waals surface area contributed by atoms with Crippen LogP contribution >= 0.6 is 0 Å². The molecule has 0 radical (unpaired) electrons. The monoisotopic (exact) mass is 508 g/mol. The fraction of sp³-hybridized carbons (Fsp3) is 0.545. The molecule has 6 nitrogen and oxygen atoms in total. The number of amides is 2. The number of imide groups is 1. The maximum absolute atomic E-state index is 13.5. The van der Waals surface area contributed by atoms with Crippen molar-refractivity contribution in [3.8, 4) is 0 Å². The molecule has 7 heteroatoms. The molecule has 1 atom stereocenters. The summed E-state index contributed by atoms with van der Waals surface area (Å²) in [6, 6.07) is 5.32. The number of fused-ring (bicyclic) bond motifs is 1. The normalized spacial score (nSPS) is 21.8. The van der Waals surface area contributed by atoms with E-state index in [2.05, 4.69) is 16.4 Å². The van der Waals surface area contributed by atoms with E-state index in [4.69, 9.17) is 0 Å². The number of hydrogen-bond acceptors (Lipinski definition) is 4. The van der Waals surface area contributed by atoms with Crippen molar-refractivity contribution in [1.82, 2.24) is 14.9 Å². The predicted octanol–water partition coefficient (Wildman–Crippen LogP) is 0.0541. The van der Waals surface area contributed by atoms with Crippen LogP contribution < -0.4 is 32.1 Å². The zero-order valence-electron chi connectivity index (χ0n) is 16.7. The molecule has 1 saturated heterocycles. The van der Waals surface area contributed by atoms with Crippen LogP contribution in [-0.2, 0) is 9.59 Å². The molecule has 4 rings (SSSR count). The van der Waals surface area contributed by atoms with Crippen molar-refractivity contribution in [2.45, 2.75) is 74.7 Å². The molecule has 2 aromatic rings. The second kappa shape index (κ2) is 8.93. The fourth-order valence-electron chi connectivity index (χ4n) is 4.38. The molecule has 1 aliphatic carbocycles. The van der Waals surface area contributed by atoms with Gasteiger partial charge < -0.3 is 0 Å². The van der Waals surface area contributed by atoms with Crippen LogP contribution in [0.1, 0.15) is 69.7 Å². The molecule has 0 bridgehead atoms. The minimum atomic E-state index is -0.662. The Hall–Kier alpha value is -1.77. The molecule has 0 spiro atoms. The van der Waals surface area contributed by atoms with Gasteiger partial charge in [-0.3, -0.25) is 0 Å². The number of rotatable bonds is 3. The van der Waals surface area contributed by atoms with Crippen LogP contribution in [0, 0.1) is 10.5 Å². The third-order valence-corrected chi connectivity index (χ3v) is 9.58. The van der Waals surface area contributed by atoms with E-state index in [-0.39, 0.29) is 39.1 Å². The van der Waals surface area contributed by atoms with Gasteiger partial charge in [0.15, 0.2) is 0 Å². The van der Waals surface area contributed by atoms with Crippen molar-refractivity contribution in [1.29, 1.82) is 0 Å². The van der Waals surface area contributed by atoms with Crippen LogP contribution in [-0.4, -0.2) is 25.3 Å². The zero-order valence-corrected chi connectivity index (χ0v) is 18.9. The van der Waals surface area contributed by atoms with Gasteiger partial charge in [-0.05, 0) is 0 Å². The van der Waals surface area contributed by atoms with E-state index < -0.39 is 11.9 Å². The van der Waals surface area contributed by atoms with Gasteiger partial charge in [0.1, 0.15) is 0 Å². The molecule has 1 N–H and O–H groups in total. The summed E-state index contributed by atoms with van der Waals surface area (Å²) >= 11 is -0.311. The number of nitrogens with one attached hydrogen (secondary N) is 1. The number of nitrogens with zero attached hydrogens (tertiary/aromatic N) is 2. The van der Waals surface area contributed by atoms with Crippen LogP contribution in [0.4, 0.5) is 0 Å². The second-order valence-electron chi connectivity index (χ2n) is 7.99. The Labute approximate surface area is 180 Å². The van der Waals surface area contributed by atoms with Gasteiger partial charge in [0.05, 0.1) is 0 Å². The van der Waals surface area contributed by atoms with Crippen LogP contribution in [0.3, 0.4) is 0 Å². The van der Waals surface area contributed by atoms with Crippen molar-refractivity contribution in [2.24, 2.45) is 0 Å². The molecular formula is C22H27IN3O3-. The molecular weight excluding hydrogens is 481 g/mol. The number of benzene rings is 1. The number of piperidine rings is 1. The van der Waals surface area contributed by atoms with Gasteiger partial charge in [0, 0.05) is 0 Å². The van der Waals surface area contributed by atoms with E-state index in [1.165, 1.54) is 49.5 Å². The summed E-state index contributed by atoms with van der Waals surface area (Å²) in [5, 5.41) is 3.04. The van der Waals surface area contributed by atoms with Crippen molar-refractivity contribution in [3.63, 3.8) is 0 Å². The quantitative estimate of drug-likeness (QED) is 0.361. The number of alkyl halides is 1. The third-order valence-electron chi connectivity index (χ3n) is 5.88. The summed E-state index contributed by atoms with van der Waals surface area (Å²) in [7, 11) is 0. The van der Waals surface area contributed by atoms with E-state index in [0.717, 1.165) is 9.09 Å². The molecule has 29 heavy (non-hydrogen) atoms. The minimum absolute atomic E-state index is 0.136. The number of carbonyl (C=O) groups excluding carboxylic acids is 2. The molecule has 1 aliphatic heterocycles. The molecule has 2 fully saturated rings. The van der Waals surface area contributed by atoms with E-state index in [9.17, 15) is 14.4 Å². The average Bonchev–Trinajstić information content (AvgIpc) is 2.65. The van der Waals surface area contributed by atoms with Crippen molar-refractivity contribution in [3.05, 3.63) is 37.9 Å². The molecule has 2 aliphatic rings. The van der Waals surface area contributed by atoms with E-state index >= 15 is 0 Å². The van der Waals surface area contributed by atoms with Gasteiger partial charge in [0.25, 0.3) is 0 Å². The maximum atomic E-state index is 13.5. The third kappa shape index (κ3) is 4.39. The number of aryl methyl sites for hydroxylation is 1. The zero-order chi connectivity index (χ0) is 20.4. The van der Waals surface area contributed by atoms with Gasteiger partial charge >= 0.3 is 181 Å². The molecule has 1 saturated carbocycles. The summed E-state index contributed by atoms with van der Waals surface area (Å²) in [6.07, 6.45) is 9.65. The van der Waals surface area contributed by atoms with E-state index in [0.29, 0.717) is 21.6 Å². The van der Waals surface area contributed by atoms with Crippen LogP contribution in [0.2, 0.25) is 0 Å². The Morgan fingerprint density at radius 1 is 1.03 bits per heavy atom. The number of hydrogen-bond donors (Lipinski definition) is 1. The first-order valence-corrected chi connectivity index (χ1v) is 12.9. The first-order valence-electron chi connectivity index (χ1n) is 10.5. The summed E-state index contributed by atoms with van der Waals surface area (Å²) in [5.41, 5.74) is 0.585. The van der Waals surface area contributed by atoms with Gasteiger partial charge in [-0.25, -0.2) is 0 Å². The average molecular weight is 508 g/mol. The molecule has 1 aromatic heterocycles. The predicted molar refractivity (Wildman–Crippen MR) is 107 cm³/mol. The Morgan fingerprint density at radius 3 is 2.48 bits per heavy atom. The van der Waals surface area contributed by atoms with Gasteiger partial charge in [-0.2, -0.15) is 0 Å². The Kier molecular flexibility index (Phi) is 6.32. The Balaban J connectivity index is 1.74.